The lowest BCUT2D eigenvalue weighted by Crippen LogP contribution is -1.95. The highest BCUT2D eigenvalue weighted by atomic mass is 79.9. The van der Waals surface area contributed by atoms with E-state index in [-0.39, 0.29) is 0 Å². The molecule has 1 aromatic carbocycles. The molecule has 2 rings (SSSR count). The van der Waals surface area contributed by atoms with Crippen LogP contribution >= 0.6 is 15.9 Å². The number of hydrogen-bond donors (Lipinski definition) is 1. The van der Waals surface area contributed by atoms with Crippen molar-refractivity contribution in [2.24, 2.45) is 0 Å². The lowest BCUT2D eigenvalue weighted by Gasteiger charge is -2.07. The van der Waals surface area contributed by atoms with Crippen LogP contribution in [-0.4, -0.2) is 4.98 Å². The zero-order chi connectivity index (χ0) is 12.3. The molecule has 1 aromatic heterocycles. The van der Waals surface area contributed by atoms with E-state index in [0.717, 1.165) is 10.2 Å². The molecule has 3 nitrogen and oxygen atoms in total. The molecule has 0 aliphatic rings. The van der Waals surface area contributed by atoms with Gasteiger partial charge in [0.1, 0.15) is 11.9 Å². The SMILES string of the molecule is Cc1ccc(Nc2ncc(C#N)cc2Br)cc1. The molecule has 0 fully saturated rings. The number of nitrogens with zero attached hydrogens (tertiary/aromatic N) is 2. The van der Waals surface area contributed by atoms with E-state index in [1.807, 2.05) is 37.3 Å². The maximum atomic E-state index is 8.74. The minimum absolute atomic E-state index is 0.534. The molecule has 0 atom stereocenters. The van der Waals surface area contributed by atoms with Crippen molar-refractivity contribution in [1.29, 1.82) is 5.26 Å². The normalized spacial score (nSPS) is 9.71. The minimum atomic E-state index is 0.534. The lowest BCUT2D eigenvalue weighted by molar-refractivity contribution is 1.27. The summed E-state index contributed by atoms with van der Waals surface area (Å²) in [6.45, 7) is 2.04. The Morgan fingerprint density at radius 2 is 2.00 bits per heavy atom. The molecule has 0 saturated carbocycles. The molecule has 0 bridgehead atoms. The molecule has 4 heteroatoms. The van der Waals surface area contributed by atoms with Crippen LogP contribution in [0.5, 0.6) is 0 Å². The number of halogens is 1. The van der Waals surface area contributed by atoms with Crippen LogP contribution in [0.25, 0.3) is 0 Å². The molecule has 1 heterocycles. The zero-order valence-electron chi connectivity index (χ0n) is 9.24. The van der Waals surface area contributed by atoms with Crippen molar-refractivity contribution < 1.29 is 0 Å². The first-order chi connectivity index (χ1) is 8.19. The van der Waals surface area contributed by atoms with Gasteiger partial charge in [0.25, 0.3) is 0 Å². The van der Waals surface area contributed by atoms with Gasteiger partial charge in [-0.3, -0.25) is 0 Å². The molecular weight excluding hydrogens is 278 g/mol. The largest absolute Gasteiger partial charge is 0.339 e. The summed E-state index contributed by atoms with van der Waals surface area (Å²) >= 11 is 3.38. The zero-order valence-corrected chi connectivity index (χ0v) is 10.8. The van der Waals surface area contributed by atoms with Crippen molar-refractivity contribution in [3.8, 4) is 6.07 Å². The van der Waals surface area contributed by atoms with E-state index >= 15 is 0 Å². The number of anilines is 2. The fourth-order valence-corrected chi connectivity index (χ4v) is 1.81. The third-order valence-electron chi connectivity index (χ3n) is 2.28. The smallest absolute Gasteiger partial charge is 0.144 e. The summed E-state index contributed by atoms with van der Waals surface area (Å²) in [6, 6.07) is 11.8. The number of nitrogens with one attached hydrogen (secondary N) is 1. The topological polar surface area (TPSA) is 48.7 Å². The summed E-state index contributed by atoms with van der Waals surface area (Å²) in [4.78, 5) is 4.19. The summed E-state index contributed by atoms with van der Waals surface area (Å²) in [5.41, 5.74) is 2.71. The van der Waals surface area contributed by atoms with Gasteiger partial charge in [-0.1, -0.05) is 17.7 Å². The Labute approximate surface area is 108 Å². The average molecular weight is 288 g/mol. The minimum Gasteiger partial charge on any atom is -0.339 e. The Hall–Kier alpha value is -1.86. The first-order valence-electron chi connectivity index (χ1n) is 5.08. The predicted molar refractivity (Wildman–Crippen MR) is 71.1 cm³/mol. The lowest BCUT2D eigenvalue weighted by atomic mass is 10.2. The van der Waals surface area contributed by atoms with Gasteiger partial charge in [-0.05, 0) is 41.1 Å². The van der Waals surface area contributed by atoms with E-state index in [1.165, 1.54) is 5.56 Å². The van der Waals surface area contributed by atoms with Crippen molar-refractivity contribution in [1.82, 2.24) is 4.98 Å². The summed E-state index contributed by atoms with van der Waals surface area (Å²) < 4.78 is 0.775. The second kappa shape index (κ2) is 4.98. The van der Waals surface area contributed by atoms with Gasteiger partial charge in [0.2, 0.25) is 0 Å². The highest BCUT2D eigenvalue weighted by Crippen LogP contribution is 2.24. The van der Waals surface area contributed by atoms with Gasteiger partial charge in [0.05, 0.1) is 10.0 Å². The van der Waals surface area contributed by atoms with Crippen LogP contribution in [0.1, 0.15) is 11.1 Å². The predicted octanol–water partition coefficient (Wildman–Crippen LogP) is 3.77. The summed E-state index contributed by atoms with van der Waals surface area (Å²) in [5.74, 6) is 0.702. The Balaban J connectivity index is 2.25. The van der Waals surface area contributed by atoms with Crippen molar-refractivity contribution in [2.75, 3.05) is 5.32 Å². The van der Waals surface area contributed by atoms with Crippen molar-refractivity contribution in [2.45, 2.75) is 6.92 Å². The third-order valence-corrected chi connectivity index (χ3v) is 2.89. The van der Waals surface area contributed by atoms with Gasteiger partial charge >= 0.3 is 0 Å². The second-order valence-electron chi connectivity index (χ2n) is 3.66. The molecule has 0 amide bonds. The number of nitriles is 1. The monoisotopic (exact) mass is 287 g/mol. The highest BCUT2D eigenvalue weighted by Gasteiger charge is 2.03. The molecular formula is C13H10BrN3. The van der Waals surface area contributed by atoms with E-state index < -0.39 is 0 Å². The Bertz CT molecular complexity index is 570. The standard InChI is InChI=1S/C13H10BrN3/c1-9-2-4-11(5-3-9)17-13-12(14)6-10(7-15)8-16-13/h2-6,8H,1H3,(H,16,17). The quantitative estimate of drug-likeness (QED) is 0.915. The van der Waals surface area contributed by atoms with Crippen LogP contribution in [0.2, 0.25) is 0 Å². The van der Waals surface area contributed by atoms with Crippen LogP contribution < -0.4 is 5.32 Å². The first kappa shape index (κ1) is 11.6. The fourth-order valence-electron chi connectivity index (χ4n) is 1.36. The summed E-state index contributed by atoms with van der Waals surface area (Å²) in [7, 11) is 0. The van der Waals surface area contributed by atoms with Crippen LogP contribution in [0.15, 0.2) is 41.0 Å². The van der Waals surface area contributed by atoms with E-state index in [1.54, 1.807) is 12.3 Å². The van der Waals surface area contributed by atoms with Crippen molar-refractivity contribution in [3.05, 3.63) is 52.1 Å². The van der Waals surface area contributed by atoms with Crippen LogP contribution in [0.3, 0.4) is 0 Å². The van der Waals surface area contributed by atoms with Gasteiger partial charge in [0.15, 0.2) is 0 Å². The molecule has 0 aliphatic carbocycles. The molecule has 1 N–H and O–H groups in total. The van der Waals surface area contributed by atoms with E-state index in [9.17, 15) is 0 Å². The molecule has 0 radical (unpaired) electrons. The second-order valence-corrected chi connectivity index (χ2v) is 4.51. The number of benzene rings is 1. The Kier molecular flexibility index (Phi) is 3.40. The van der Waals surface area contributed by atoms with Crippen LogP contribution in [-0.2, 0) is 0 Å². The number of pyridine rings is 1. The summed E-state index contributed by atoms with van der Waals surface area (Å²) in [6.07, 6.45) is 1.54. The van der Waals surface area contributed by atoms with E-state index in [2.05, 4.69) is 26.2 Å². The number of hydrogen-bond acceptors (Lipinski definition) is 3. The highest BCUT2D eigenvalue weighted by molar-refractivity contribution is 9.10. The Morgan fingerprint density at radius 3 is 2.59 bits per heavy atom. The van der Waals surface area contributed by atoms with Gasteiger partial charge in [-0.2, -0.15) is 5.26 Å². The average Bonchev–Trinajstić information content (AvgIpc) is 2.34. The number of aromatic nitrogens is 1. The van der Waals surface area contributed by atoms with E-state index in [4.69, 9.17) is 5.26 Å². The fraction of sp³-hybridized carbons (Fsp3) is 0.0769. The van der Waals surface area contributed by atoms with E-state index in [0.29, 0.717) is 11.4 Å². The summed E-state index contributed by atoms with van der Waals surface area (Å²) in [5, 5.41) is 11.9. The van der Waals surface area contributed by atoms with Gasteiger partial charge in [-0.25, -0.2) is 4.98 Å². The first-order valence-corrected chi connectivity index (χ1v) is 5.87. The molecule has 17 heavy (non-hydrogen) atoms. The van der Waals surface area contributed by atoms with Crippen molar-refractivity contribution in [3.63, 3.8) is 0 Å². The molecule has 0 saturated heterocycles. The Morgan fingerprint density at radius 1 is 1.29 bits per heavy atom. The van der Waals surface area contributed by atoms with Crippen molar-refractivity contribution >= 4 is 27.4 Å². The van der Waals surface area contributed by atoms with Gasteiger partial charge in [-0.15, -0.1) is 0 Å². The van der Waals surface area contributed by atoms with Crippen LogP contribution in [0.4, 0.5) is 11.5 Å². The third kappa shape index (κ3) is 2.83. The molecule has 0 spiro atoms. The maximum absolute atomic E-state index is 8.74. The van der Waals surface area contributed by atoms with Crippen LogP contribution in [0, 0.1) is 18.3 Å². The number of rotatable bonds is 2. The van der Waals surface area contributed by atoms with Gasteiger partial charge < -0.3 is 5.32 Å². The van der Waals surface area contributed by atoms with Gasteiger partial charge in [0, 0.05) is 11.9 Å². The molecule has 84 valence electrons. The number of aryl methyl sites for hydroxylation is 1. The maximum Gasteiger partial charge on any atom is 0.144 e. The molecule has 0 aliphatic heterocycles. The molecule has 0 unspecified atom stereocenters. The molecule has 2 aromatic rings.